The highest BCUT2D eigenvalue weighted by Crippen LogP contribution is 2.39. The van der Waals surface area contributed by atoms with E-state index in [9.17, 15) is 9.59 Å². The van der Waals surface area contributed by atoms with Crippen molar-refractivity contribution in [1.29, 1.82) is 0 Å². The Morgan fingerprint density at radius 3 is 2.55 bits per heavy atom. The van der Waals surface area contributed by atoms with Gasteiger partial charge in [0.25, 0.3) is 5.91 Å². The lowest BCUT2D eigenvalue weighted by molar-refractivity contribution is -0.00570. The van der Waals surface area contributed by atoms with Gasteiger partial charge in [-0.15, -0.1) is 0 Å². The zero-order valence-electron chi connectivity index (χ0n) is 18.1. The van der Waals surface area contributed by atoms with Gasteiger partial charge >= 0.3 is 0 Å². The third kappa shape index (κ3) is 3.48. The molecule has 0 aliphatic carbocycles. The summed E-state index contributed by atoms with van der Waals surface area (Å²) in [5.74, 6) is 0.766. The van der Waals surface area contributed by atoms with Gasteiger partial charge in [-0.25, -0.2) is 4.98 Å². The van der Waals surface area contributed by atoms with Crippen molar-refractivity contribution in [3.05, 3.63) is 90.3 Å². The fourth-order valence-corrected chi connectivity index (χ4v) is 4.88. The van der Waals surface area contributed by atoms with Gasteiger partial charge in [0, 0.05) is 49.5 Å². The molecule has 0 atom stereocenters. The summed E-state index contributed by atoms with van der Waals surface area (Å²) in [6.07, 6.45) is 5.51. The summed E-state index contributed by atoms with van der Waals surface area (Å²) in [5, 5.41) is 0. The number of ether oxygens (including phenoxy) is 1. The fraction of sp³-hybridized carbons (Fsp3) is 0.222. The molecule has 1 spiro atoms. The number of imidazole rings is 1. The predicted octanol–water partition coefficient (Wildman–Crippen LogP) is 4.64. The van der Waals surface area contributed by atoms with E-state index in [-0.39, 0.29) is 11.7 Å². The van der Waals surface area contributed by atoms with Gasteiger partial charge in [-0.05, 0) is 24.3 Å². The molecule has 33 heavy (non-hydrogen) atoms. The maximum absolute atomic E-state index is 13.2. The normalized spacial score (nSPS) is 17.1. The van der Waals surface area contributed by atoms with Crippen molar-refractivity contribution < 1.29 is 14.3 Å². The van der Waals surface area contributed by atoms with Crippen molar-refractivity contribution in [2.45, 2.75) is 24.9 Å². The summed E-state index contributed by atoms with van der Waals surface area (Å²) in [4.78, 5) is 32.4. The summed E-state index contributed by atoms with van der Waals surface area (Å²) >= 11 is 0. The molecule has 2 aliphatic rings. The Morgan fingerprint density at radius 2 is 1.73 bits per heavy atom. The Morgan fingerprint density at radius 1 is 0.970 bits per heavy atom. The number of amides is 1. The Kier molecular flexibility index (Phi) is 4.54. The van der Waals surface area contributed by atoms with Crippen LogP contribution in [0.25, 0.3) is 16.9 Å². The number of hydrogen-bond donors (Lipinski definition) is 0. The molecule has 0 bridgehead atoms. The first kappa shape index (κ1) is 19.7. The molecule has 1 fully saturated rings. The lowest BCUT2D eigenvalue weighted by atomic mass is 9.82. The molecule has 2 aromatic heterocycles. The van der Waals surface area contributed by atoms with E-state index < -0.39 is 5.60 Å². The first-order valence-corrected chi connectivity index (χ1v) is 11.3. The first-order valence-electron chi connectivity index (χ1n) is 11.3. The van der Waals surface area contributed by atoms with Gasteiger partial charge in [0.2, 0.25) is 0 Å². The summed E-state index contributed by atoms with van der Waals surface area (Å²) < 4.78 is 8.23. The third-order valence-corrected chi connectivity index (χ3v) is 6.74. The van der Waals surface area contributed by atoms with Gasteiger partial charge in [-0.2, -0.15) is 0 Å². The second-order valence-corrected chi connectivity index (χ2v) is 8.85. The quantitative estimate of drug-likeness (QED) is 0.458. The Balaban J connectivity index is 1.19. The number of pyridine rings is 1. The Bertz CT molecular complexity index is 1370. The number of fused-ring (bicyclic) bond motifs is 2. The lowest BCUT2D eigenvalue weighted by Crippen LogP contribution is -2.52. The van der Waals surface area contributed by atoms with Crippen molar-refractivity contribution in [3.8, 4) is 17.0 Å². The molecule has 0 unspecified atom stereocenters. The number of nitrogens with zero attached hydrogens (tertiary/aromatic N) is 3. The molecule has 6 rings (SSSR count). The molecule has 0 saturated carbocycles. The number of para-hydroxylation sites is 1. The van der Waals surface area contributed by atoms with Gasteiger partial charge in [0.05, 0.1) is 17.7 Å². The van der Waals surface area contributed by atoms with E-state index in [0.717, 1.165) is 16.9 Å². The van der Waals surface area contributed by atoms with E-state index in [1.54, 1.807) is 0 Å². The summed E-state index contributed by atoms with van der Waals surface area (Å²) in [6, 6.07) is 21.1. The van der Waals surface area contributed by atoms with E-state index in [1.165, 1.54) is 0 Å². The van der Waals surface area contributed by atoms with Crippen molar-refractivity contribution in [2.75, 3.05) is 13.1 Å². The third-order valence-electron chi connectivity index (χ3n) is 6.74. The van der Waals surface area contributed by atoms with Crippen LogP contribution in [0.3, 0.4) is 0 Å². The monoisotopic (exact) mass is 437 g/mol. The van der Waals surface area contributed by atoms with E-state index in [2.05, 4.69) is 0 Å². The van der Waals surface area contributed by atoms with E-state index in [4.69, 9.17) is 9.72 Å². The molecular weight excluding hydrogens is 414 g/mol. The fourth-order valence-electron chi connectivity index (χ4n) is 4.88. The van der Waals surface area contributed by atoms with E-state index >= 15 is 0 Å². The SMILES string of the molecule is O=C1CC2(CCN(C(=O)c3ccn4cc(-c5ccccc5)nc4c3)CC2)Oc2ccccc21. The number of ketones is 1. The highest BCUT2D eigenvalue weighted by atomic mass is 16.5. The van der Waals surface area contributed by atoms with Crippen molar-refractivity contribution >= 4 is 17.3 Å². The molecule has 1 amide bonds. The average molecular weight is 437 g/mol. The number of hydrogen-bond acceptors (Lipinski definition) is 4. The number of benzene rings is 2. The van der Waals surface area contributed by atoms with Crippen molar-refractivity contribution in [2.24, 2.45) is 0 Å². The minimum absolute atomic E-state index is 0.0147. The van der Waals surface area contributed by atoms with E-state index in [1.807, 2.05) is 88.4 Å². The average Bonchev–Trinajstić information content (AvgIpc) is 3.28. The molecule has 6 nitrogen and oxygen atoms in total. The van der Waals surface area contributed by atoms with Crippen molar-refractivity contribution in [1.82, 2.24) is 14.3 Å². The van der Waals surface area contributed by atoms with Crippen LogP contribution in [-0.4, -0.2) is 44.7 Å². The highest BCUT2D eigenvalue weighted by molar-refractivity contribution is 6.00. The smallest absolute Gasteiger partial charge is 0.254 e. The van der Waals surface area contributed by atoms with Crippen LogP contribution >= 0.6 is 0 Å². The number of likely N-dealkylation sites (tertiary alicyclic amines) is 1. The van der Waals surface area contributed by atoms with Crippen LogP contribution in [0.2, 0.25) is 0 Å². The van der Waals surface area contributed by atoms with Crippen LogP contribution in [-0.2, 0) is 0 Å². The van der Waals surface area contributed by atoms with Crippen LogP contribution in [0.1, 0.15) is 40.0 Å². The Labute approximate surface area is 191 Å². The van der Waals surface area contributed by atoms with Gasteiger partial charge in [-0.3, -0.25) is 9.59 Å². The largest absolute Gasteiger partial charge is 0.486 e. The number of carbonyl (C=O) groups excluding carboxylic acids is 2. The summed E-state index contributed by atoms with van der Waals surface area (Å²) in [5.41, 5.74) is 3.42. The molecule has 0 radical (unpaired) electrons. The number of piperidine rings is 1. The number of carbonyl (C=O) groups is 2. The van der Waals surface area contributed by atoms with E-state index in [0.29, 0.717) is 49.2 Å². The number of aromatic nitrogens is 2. The molecule has 4 heterocycles. The molecule has 6 heteroatoms. The standard InChI is InChI=1S/C27H23N3O3/c31-23-17-27(33-24-9-5-4-8-21(23)24)11-14-29(15-12-27)26(32)20-10-13-30-18-22(28-25(30)16-20)19-6-2-1-3-7-19/h1-10,13,16,18H,11-12,14-15,17H2. The zero-order chi connectivity index (χ0) is 22.4. The predicted molar refractivity (Wildman–Crippen MR) is 125 cm³/mol. The maximum atomic E-state index is 13.2. The minimum atomic E-state index is -0.514. The van der Waals surface area contributed by atoms with Gasteiger partial charge in [-0.1, -0.05) is 42.5 Å². The number of Topliss-reactive ketones (excluding diaryl/α,β-unsaturated/α-hetero) is 1. The first-order chi connectivity index (χ1) is 16.1. The zero-order valence-corrected chi connectivity index (χ0v) is 18.1. The molecular formula is C27H23N3O3. The maximum Gasteiger partial charge on any atom is 0.254 e. The lowest BCUT2D eigenvalue weighted by Gasteiger charge is -2.44. The van der Waals surface area contributed by atoms with Crippen LogP contribution in [0.5, 0.6) is 5.75 Å². The summed E-state index contributed by atoms with van der Waals surface area (Å²) in [7, 11) is 0. The van der Waals surface area contributed by atoms with Gasteiger partial charge in [0.1, 0.15) is 17.0 Å². The van der Waals surface area contributed by atoms with Crippen LogP contribution in [0.15, 0.2) is 79.1 Å². The second kappa shape index (κ2) is 7.59. The highest BCUT2D eigenvalue weighted by Gasteiger charge is 2.43. The molecule has 2 aromatic carbocycles. The van der Waals surface area contributed by atoms with Gasteiger partial charge in [0.15, 0.2) is 5.78 Å². The van der Waals surface area contributed by atoms with Crippen LogP contribution in [0.4, 0.5) is 0 Å². The molecule has 164 valence electrons. The number of rotatable bonds is 2. The summed E-state index contributed by atoms with van der Waals surface area (Å²) in [6.45, 7) is 1.12. The molecule has 4 aromatic rings. The molecule has 2 aliphatic heterocycles. The molecule has 1 saturated heterocycles. The van der Waals surface area contributed by atoms with Crippen LogP contribution < -0.4 is 4.74 Å². The minimum Gasteiger partial charge on any atom is -0.486 e. The van der Waals surface area contributed by atoms with Crippen LogP contribution in [0, 0.1) is 0 Å². The Hall–Kier alpha value is -3.93. The topological polar surface area (TPSA) is 63.9 Å². The van der Waals surface area contributed by atoms with Crippen molar-refractivity contribution in [3.63, 3.8) is 0 Å². The second-order valence-electron chi connectivity index (χ2n) is 8.85. The molecule has 0 N–H and O–H groups in total. The van der Waals surface area contributed by atoms with Gasteiger partial charge < -0.3 is 14.0 Å².